The normalized spacial score (nSPS) is 21.4. The molecule has 0 aliphatic carbocycles. The molecule has 1 aliphatic rings. The zero-order valence-electron chi connectivity index (χ0n) is 14.3. The first-order valence-corrected chi connectivity index (χ1v) is 8.38. The summed E-state index contributed by atoms with van der Waals surface area (Å²) in [7, 11) is 0. The average Bonchev–Trinajstić information content (AvgIpc) is 2.93. The largest absolute Gasteiger partial charge is 0.480 e. The predicted molar refractivity (Wildman–Crippen MR) is 90.1 cm³/mol. The minimum Gasteiger partial charge on any atom is -0.480 e. The molecule has 23 heavy (non-hydrogen) atoms. The van der Waals surface area contributed by atoms with Crippen molar-refractivity contribution < 1.29 is 14.7 Å². The highest BCUT2D eigenvalue weighted by molar-refractivity contribution is 5.84. The summed E-state index contributed by atoms with van der Waals surface area (Å²) in [5.41, 5.74) is 1.11. The third-order valence-corrected chi connectivity index (χ3v) is 4.66. The number of nitrogens with zero attached hydrogens (tertiary/aromatic N) is 1. The molecule has 0 spiro atoms. The van der Waals surface area contributed by atoms with Gasteiger partial charge in [-0.3, -0.25) is 4.79 Å². The Kier molecular flexibility index (Phi) is 5.45. The fourth-order valence-corrected chi connectivity index (χ4v) is 3.47. The highest BCUT2D eigenvalue weighted by atomic mass is 16.4. The van der Waals surface area contributed by atoms with Gasteiger partial charge in [0, 0.05) is 12.5 Å². The summed E-state index contributed by atoms with van der Waals surface area (Å²) in [5.74, 6) is -0.904. The Balaban J connectivity index is 2.00. The van der Waals surface area contributed by atoms with Gasteiger partial charge in [-0.1, -0.05) is 51.1 Å². The molecule has 4 heteroatoms. The molecule has 1 aromatic rings. The van der Waals surface area contributed by atoms with Gasteiger partial charge in [0.15, 0.2) is 0 Å². The molecule has 2 atom stereocenters. The number of hydrogen-bond donors (Lipinski definition) is 1. The van der Waals surface area contributed by atoms with E-state index in [1.807, 2.05) is 18.2 Å². The lowest BCUT2D eigenvalue weighted by atomic mass is 9.85. The van der Waals surface area contributed by atoms with Crippen LogP contribution in [-0.2, 0) is 16.0 Å². The lowest BCUT2D eigenvalue weighted by molar-refractivity contribution is -0.151. The molecule has 1 aromatic carbocycles. The Hall–Kier alpha value is -1.84. The molecule has 2 rings (SSSR count). The smallest absolute Gasteiger partial charge is 0.326 e. The van der Waals surface area contributed by atoms with Crippen LogP contribution in [0.15, 0.2) is 30.3 Å². The number of carbonyl (C=O) groups excluding carboxylic acids is 1. The highest BCUT2D eigenvalue weighted by Gasteiger charge is 2.45. The number of carboxylic acids is 1. The Labute approximate surface area is 138 Å². The van der Waals surface area contributed by atoms with Crippen molar-refractivity contribution >= 4 is 11.9 Å². The maximum absolute atomic E-state index is 12.7. The summed E-state index contributed by atoms with van der Waals surface area (Å²) in [6, 6.07) is 9.42. The molecule has 1 N–H and O–H groups in total. The molecule has 1 aliphatic heterocycles. The van der Waals surface area contributed by atoms with E-state index in [9.17, 15) is 14.7 Å². The van der Waals surface area contributed by atoms with E-state index >= 15 is 0 Å². The molecule has 1 heterocycles. The standard InChI is InChI=1S/C19H27NO3/c1-19(2,3)16-13-12-15(18(22)23)20(16)17(21)11-7-10-14-8-5-4-6-9-14/h4-6,8-9,15-16H,7,10-13H2,1-3H3,(H,22,23). The Bertz CT molecular complexity index is 547. The van der Waals surface area contributed by atoms with Crippen molar-refractivity contribution in [3.05, 3.63) is 35.9 Å². The summed E-state index contributed by atoms with van der Waals surface area (Å²) in [5, 5.41) is 9.43. The van der Waals surface area contributed by atoms with Crippen molar-refractivity contribution in [3.63, 3.8) is 0 Å². The number of amides is 1. The lowest BCUT2D eigenvalue weighted by Crippen LogP contribution is -2.49. The molecule has 1 saturated heterocycles. The maximum Gasteiger partial charge on any atom is 0.326 e. The Morgan fingerprint density at radius 2 is 1.83 bits per heavy atom. The van der Waals surface area contributed by atoms with Gasteiger partial charge >= 0.3 is 5.97 Å². The molecule has 1 amide bonds. The quantitative estimate of drug-likeness (QED) is 0.904. The number of carboxylic acid groups (broad SMARTS) is 1. The molecule has 0 saturated carbocycles. The maximum atomic E-state index is 12.7. The minimum atomic E-state index is -0.881. The van der Waals surface area contributed by atoms with E-state index in [0.717, 1.165) is 19.3 Å². The van der Waals surface area contributed by atoms with E-state index in [1.54, 1.807) is 4.90 Å². The van der Waals surface area contributed by atoms with Gasteiger partial charge in [-0.25, -0.2) is 4.79 Å². The van der Waals surface area contributed by atoms with Gasteiger partial charge in [0.2, 0.25) is 5.91 Å². The van der Waals surface area contributed by atoms with Crippen LogP contribution in [0.2, 0.25) is 0 Å². The van der Waals surface area contributed by atoms with E-state index in [-0.39, 0.29) is 17.4 Å². The molecular weight excluding hydrogens is 290 g/mol. The van der Waals surface area contributed by atoms with Crippen LogP contribution >= 0.6 is 0 Å². The molecule has 1 fully saturated rings. The molecule has 126 valence electrons. The third-order valence-electron chi connectivity index (χ3n) is 4.66. The van der Waals surface area contributed by atoms with Crippen molar-refractivity contribution in [2.45, 2.75) is 65.0 Å². The summed E-state index contributed by atoms with van der Waals surface area (Å²) < 4.78 is 0. The molecular formula is C19H27NO3. The highest BCUT2D eigenvalue weighted by Crippen LogP contribution is 2.36. The third kappa shape index (κ3) is 4.34. The summed E-state index contributed by atoms with van der Waals surface area (Å²) in [6.07, 6.45) is 3.33. The number of carbonyl (C=O) groups is 2. The monoisotopic (exact) mass is 317 g/mol. The second kappa shape index (κ2) is 7.16. The first kappa shape index (κ1) is 17.5. The first-order valence-electron chi connectivity index (χ1n) is 8.38. The van der Waals surface area contributed by atoms with Crippen LogP contribution in [0.5, 0.6) is 0 Å². The zero-order valence-corrected chi connectivity index (χ0v) is 14.3. The second-order valence-corrected chi connectivity index (χ2v) is 7.45. The van der Waals surface area contributed by atoms with Gasteiger partial charge in [0.25, 0.3) is 0 Å². The molecule has 4 nitrogen and oxygen atoms in total. The number of aryl methyl sites for hydroxylation is 1. The number of likely N-dealkylation sites (tertiary alicyclic amines) is 1. The van der Waals surface area contributed by atoms with Crippen LogP contribution in [0.4, 0.5) is 0 Å². The minimum absolute atomic E-state index is 0.00725. The number of hydrogen-bond acceptors (Lipinski definition) is 2. The van der Waals surface area contributed by atoms with E-state index in [4.69, 9.17) is 0 Å². The Morgan fingerprint density at radius 1 is 1.17 bits per heavy atom. The van der Waals surface area contributed by atoms with E-state index in [1.165, 1.54) is 5.56 Å². The molecule has 0 bridgehead atoms. The van der Waals surface area contributed by atoms with Crippen molar-refractivity contribution in [3.8, 4) is 0 Å². The number of aliphatic carboxylic acids is 1. The van der Waals surface area contributed by atoms with Crippen LogP contribution in [0.1, 0.15) is 52.0 Å². The zero-order chi connectivity index (χ0) is 17.0. The average molecular weight is 317 g/mol. The van der Waals surface area contributed by atoms with Gasteiger partial charge in [-0.2, -0.15) is 0 Å². The Morgan fingerprint density at radius 3 is 2.39 bits per heavy atom. The van der Waals surface area contributed by atoms with Crippen molar-refractivity contribution in [1.29, 1.82) is 0 Å². The van der Waals surface area contributed by atoms with Crippen molar-refractivity contribution in [2.24, 2.45) is 5.41 Å². The van der Waals surface area contributed by atoms with E-state index < -0.39 is 12.0 Å². The van der Waals surface area contributed by atoms with Gasteiger partial charge in [-0.05, 0) is 36.7 Å². The second-order valence-electron chi connectivity index (χ2n) is 7.45. The van der Waals surface area contributed by atoms with Crippen LogP contribution in [0.3, 0.4) is 0 Å². The fraction of sp³-hybridized carbons (Fsp3) is 0.579. The van der Waals surface area contributed by atoms with E-state index in [0.29, 0.717) is 12.8 Å². The van der Waals surface area contributed by atoms with Crippen LogP contribution < -0.4 is 0 Å². The van der Waals surface area contributed by atoms with Gasteiger partial charge in [0.05, 0.1) is 0 Å². The van der Waals surface area contributed by atoms with Crippen LogP contribution in [0, 0.1) is 5.41 Å². The van der Waals surface area contributed by atoms with Gasteiger partial charge in [0.1, 0.15) is 6.04 Å². The van der Waals surface area contributed by atoms with Gasteiger partial charge < -0.3 is 10.0 Å². The van der Waals surface area contributed by atoms with Crippen molar-refractivity contribution in [2.75, 3.05) is 0 Å². The van der Waals surface area contributed by atoms with Crippen LogP contribution in [-0.4, -0.2) is 34.0 Å². The van der Waals surface area contributed by atoms with Crippen LogP contribution in [0.25, 0.3) is 0 Å². The van der Waals surface area contributed by atoms with E-state index in [2.05, 4.69) is 32.9 Å². The first-order chi connectivity index (χ1) is 10.8. The number of benzene rings is 1. The lowest BCUT2D eigenvalue weighted by Gasteiger charge is -2.37. The molecule has 0 aromatic heterocycles. The number of rotatable bonds is 5. The summed E-state index contributed by atoms with van der Waals surface area (Å²) >= 11 is 0. The topological polar surface area (TPSA) is 57.6 Å². The SMILES string of the molecule is CC(C)(C)C1CCC(C(=O)O)N1C(=O)CCCc1ccccc1. The summed E-state index contributed by atoms with van der Waals surface area (Å²) in [6.45, 7) is 6.23. The van der Waals surface area contributed by atoms with Gasteiger partial charge in [-0.15, -0.1) is 0 Å². The summed E-state index contributed by atoms with van der Waals surface area (Å²) in [4.78, 5) is 25.8. The predicted octanol–water partition coefficient (Wildman–Crippen LogP) is 3.50. The molecule has 0 radical (unpaired) electrons. The molecule has 2 unspecified atom stereocenters. The fourth-order valence-electron chi connectivity index (χ4n) is 3.47. The van der Waals surface area contributed by atoms with Crippen molar-refractivity contribution in [1.82, 2.24) is 4.90 Å².